The second kappa shape index (κ2) is 9.75. The van der Waals surface area contributed by atoms with Crippen molar-refractivity contribution in [3.05, 3.63) is 64.8 Å². The number of anilines is 2. The summed E-state index contributed by atoms with van der Waals surface area (Å²) in [7, 11) is -3.84. The molecule has 1 saturated heterocycles. The molecular weight excluding hydrogens is 544 g/mol. The molecule has 2 N–H and O–H groups in total. The normalized spacial score (nSPS) is 18.5. The molecule has 188 valence electrons. The summed E-state index contributed by atoms with van der Waals surface area (Å²) in [5.74, 6) is 1.20. The van der Waals surface area contributed by atoms with Crippen LogP contribution < -0.4 is 15.5 Å². The lowest BCUT2D eigenvalue weighted by atomic mass is 10.1. The number of hydrogen-bond donors (Lipinski definition) is 2. The first-order valence-electron chi connectivity index (χ1n) is 11.6. The van der Waals surface area contributed by atoms with Crippen LogP contribution in [0.15, 0.2) is 58.4 Å². The van der Waals surface area contributed by atoms with Crippen molar-refractivity contribution in [1.82, 2.24) is 29.2 Å². The Morgan fingerprint density at radius 2 is 1.81 bits per heavy atom. The summed E-state index contributed by atoms with van der Waals surface area (Å²) in [6.45, 7) is 8.28. The largest absolute Gasteiger partial charge is 0.364 e. The molecule has 4 heterocycles. The molecule has 1 aliphatic heterocycles. The van der Waals surface area contributed by atoms with Gasteiger partial charge in [-0.1, -0.05) is 17.7 Å². The van der Waals surface area contributed by atoms with Gasteiger partial charge in [-0.3, -0.25) is 0 Å². The fourth-order valence-electron chi connectivity index (χ4n) is 4.43. The van der Waals surface area contributed by atoms with Crippen LogP contribution in [0.25, 0.3) is 11.0 Å². The molecule has 4 aromatic rings. The van der Waals surface area contributed by atoms with E-state index in [1.54, 1.807) is 30.5 Å². The van der Waals surface area contributed by atoms with Crippen molar-refractivity contribution in [3.63, 3.8) is 0 Å². The van der Waals surface area contributed by atoms with Crippen LogP contribution in [0.1, 0.15) is 25.1 Å². The van der Waals surface area contributed by atoms with E-state index in [0.717, 1.165) is 24.3 Å². The van der Waals surface area contributed by atoms with E-state index in [1.807, 2.05) is 13.0 Å². The third-order valence-electron chi connectivity index (χ3n) is 6.06. The monoisotopic (exact) mass is 570 g/mol. The highest BCUT2D eigenvalue weighted by Gasteiger charge is 2.25. The van der Waals surface area contributed by atoms with Crippen LogP contribution in [0.2, 0.25) is 0 Å². The van der Waals surface area contributed by atoms with Crippen LogP contribution in [0.3, 0.4) is 0 Å². The number of fused-ring (bicyclic) bond motifs is 1. The minimum absolute atomic E-state index is 0.190. The van der Waals surface area contributed by atoms with Gasteiger partial charge in [-0.15, -0.1) is 0 Å². The van der Waals surface area contributed by atoms with Gasteiger partial charge in [-0.25, -0.2) is 32.3 Å². The average molecular weight is 572 g/mol. The van der Waals surface area contributed by atoms with Gasteiger partial charge in [0.1, 0.15) is 12.1 Å². The summed E-state index contributed by atoms with van der Waals surface area (Å²) in [6, 6.07) is 9.29. The van der Waals surface area contributed by atoms with Crippen LogP contribution in [0, 0.1) is 6.92 Å². The number of rotatable bonds is 6. The third-order valence-corrected chi connectivity index (χ3v) is 8.33. The van der Waals surface area contributed by atoms with Crippen molar-refractivity contribution >= 4 is 48.8 Å². The summed E-state index contributed by atoms with van der Waals surface area (Å²) in [6.07, 6.45) is 4.62. The molecule has 1 fully saturated rings. The molecule has 0 bridgehead atoms. The van der Waals surface area contributed by atoms with Crippen LogP contribution in [0.4, 0.5) is 11.8 Å². The highest BCUT2D eigenvalue weighted by Crippen LogP contribution is 2.32. The second-order valence-electron chi connectivity index (χ2n) is 9.09. The number of nitrogens with one attached hydrogen (secondary N) is 2. The Bertz CT molecular complexity index is 1500. The van der Waals surface area contributed by atoms with Gasteiger partial charge in [0.15, 0.2) is 5.65 Å². The maximum absolute atomic E-state index is 13.3. The summed E-state index contributed by atoms with van der Waals surface area (Å²) < 4.78 is 28.4. The lowest BCUT2D eigenvalue weighted by Gasteiger charge is -2.36. The molecule has 0 saturated carbocycles. The van der Waals surface area contributed by atoms with Crippen LogP contribution in [-0.4, -0.2) is 57.5 Å². The van der Waals surface area contributed by atoms with Crippen LogP contribution in [0.5, 0.6) is 0 Å². The summed E-state index contributed by atoms with van der Waals surface area (Å²) in [5, 5.41) is 7.39. The zero-order valence-corrected chi connectivity index (χ0v) is 22.6. The minimum Gasteiger partial charge on any atom is -0.364 e. The zero-order valence-electron chi connectivity index (χ0n) is 20.2. The molecule has 36 heavy (non-hydrogen) atoms. The van der Waals surface area contributed by atoms with Crippen molar-refractivity contribution < 1.29 is 8.42 Å². The van der Waals surface area contributed by atoms with Gasteiger partial charge in [-0.05, 0) is 54.9 Å². The second-order valence-corrected chi connectivity index (χ2v) is 11.8. The van der Waals surface area contributed by atoms with Crippen molar-refractivity contribution in [2.45, 2.75) is 44.3 Å². The molecule has 0 aliphatic carbocycles. The summed E-state index contributed by atoms with van der Waals surface area (Å²) in [4.78, 5) is 20.2. The molecule has 2 atom stereocenters. The maximum Gasteiger partial charge on any atom is 0.269 e. The van der Waals surface area contributed by atoms with Crippen LogP contribution in [-0.2, 0) is 16.6 Å². The van der Waals surface area contributed by atoms with E-state index in [2.05, 4.69) is 60.3 Å². The number of halogens is 1. The van der Waals surface area contributed by atoms with Crippen molar-refractivity contribution in [1.29, 1.82) is 0 Å². The van der Waals surface area contributed by atoms with E-state index in [9.17, 15) is 8.42 Å². The first kappa shape index (κ1) is 24.6. The van der Waals surface area contributed by atoms with Crippen LogP contribution >= 0.6 is 15.9 Å². The van der Waals surface area contributed by atoms with Crippen molar-refractivity contribution in [2.75, 3.05) is 23.3 Å². The number of aromatic nitrogens is 5. The van der Waals surface area contributed by atoms with Crippen molar-refractivity contribution in [2.24, 2.45) is 0 Å². The Labute approximate surface area is 218 Å². The van der Waals surface area contributed by atoms with E-state index < -0.39 is 10.0 Å². The Kier molecular flexibility index (Phi) is 6.66. The SMILES string of the molecule is Cc1ccc(S(=O)(=O)n2cc(Br)c3c(NCc4ccnc(N5C[C@@H](C)N[C@@H](C)C5)n4)ncnc32)cc1. The quantitative estimate of drug-likeness (QED) is 0.359. The van der Waals surface area contributed by atoms with Gasteiger partial charge in [0.2, 0.25) is 5.95 Å². The molecule has 10 nitrogen and oxygen atoms in total. The fourth-order valence-corrected chi connectivity index (χ4v) is 6.46. The predicted octanol–water partition coefficient (Wildman–Crippen LogP) is 3.33. The van der Waals surface area contributed by atoms with E-state index in [0.29, 0.717) is 40.3 Å². The number of aryl methyl sites for hydroxylation is 1. The van der Waals surface area contributed by atoms with E-state index in [-0.39, 0.29) is 10.5 Å². The third kappa shape index (κ3) is 4.80. The Hall–Kier alpha value is -3.09. The lowest BCUT2D eigenvalue weighted by molar-refractivity contribution is 0.403. The standard InChI is InChI=1S/C24H27BrN8O2S/c1-15-4-6-19(7-5-15)36(34,35)33-13-20(25)21-22(28-14-29-23(21)33)27-10-18-8-9-26-24(31-18)32-11-16(2)30-17(3)12-32/h4-9,13-14,16-17,30H,10-12H2,1-3H3,(H,27,28,29)/t16-,17+. The van der Waals surface area contributed by atoms with Crippen molar-refractivity contribution in [3.8, 4) is 0 Å². The summed E-state index contributed by atoms with van der Waals surface area (Å²) >= 11 is 3.50. The number of nitrogens with zero attached hydrogens (tertiary/aromatic N) is 6. The number of piperazine rings is 1. The number of hydrogen-bond acceptors (Lipinski definition) is 9. The fraction of sp³-hybridized carbons (Fsp3) is 0.333. The van der Waals surface area contributed by atoms with Gasteiger partial charge >= 0.3 is 0 Å². The topological polar surface area (TPSA) is 118 Å². The first-order chi connectivity index (χ1) is 17.2. The molecular formula is C24H27BrN8O2S. The minimum atomic E-state index is -3.84. The predicted molar refractivity (Wildman–Crippen MR) is 143 cm³/mol. The molecule has 0 unspecified atom stereocenters. The van der Waals surface area contributed by atoms with Gasteiger partial charge in [-0.2, -0.15) is 0 Å². The molecule has 3 aromatic heterocycles. The van der Waals surface area contributed by atoms with E-state index in [4.69, 9.17) is 4.98 Å². The number of benzene rings is 1. The molecule has 0 amide bonds. The van der Waals surface area contributed by atoms with E-state index >= 15 is 0 Å². The zero-order chi connectivity index (χ0) is 25.4. The molecule has 0 spiro atoms. The van der Waals surface area contributed by atoms with E-state index in [1.165, 1.54) is 16.5 Å². The molecule has 1 aromatic carbocycles. The van der Waals surface area contributed by atoms with Gasteiger partial charge < -0.3 is 15.5 Å². The lowest BCUT2D eigenvalue weighted by Crippen LogP contribution is -2.54. The Morgan fingerprint density at radius 3 is 2.53 bits per heavy atom. The summed E-state index contributed by atoms with van der Waals surface area (Å²) in [5.41, 5.74) is 2.07. The average Bonchev–Trinajstić information content (AvgIpc) is 3.20. The highest BCUT2D eigenvalue weighted by atomic mass is 79.9. The molecule has 0 radical (unpaired) electrons. The molecule has 1 aliphatic rings. The van der Waals surface area contributed by atoms with Gasteiger partial charge in [0, 0.05) is 42.0 Å². The Morgan fingerprint density at radius 1 is 1.08 bits per heavy atom. The highest BCUT2D eigenvalue weighted by molar-refractivity contribution is 9.10. The smallest absolute Gasteiger partial charge is 0.269 e. The molecule has 12 heteroatoms. The van der Waals surface area contributed by atoms with Gasteiger partial charge in [0.05, 0.1) is 22.5 Å². The molecule has 5 rings (SSSR count). The Balaban J connectivity index is 1.42. The maximum atomic E-state index is 13.3. The first-order valence-corrected chi connectivity index (χ1v) is 13.9. The van der Waals surface area contributed by atoms with Gasteiger partial charge in [0.25, 0.3) is 10.0 Å².